The van der Waals surface area contributed by atoms with Gasteiger partial charge in [0.15, 0.2) is 0 Å². The molecule has 0 unspecified atom stereocenters. The summed E-state index contributed by atoms with van der Waals surface area (Å²) in [5.74, 6) is -0.763. The molecule has 1 aromatic heterocycles. The Morgan fingerprint density at radius 3 is 2.44 bits per heavy atom. The summed E-state index contributed by atoms with van der Waals surface area (Å²) in [5.41, 5.74) is -1.27. The van der Waals surface area contributed by atoms with Crippen molar-refractivity contribution in [3.8, 4) is 5.75 Å². The van der Waals surface area contributed by atoms with Crippen LogP contribution in [0.2, 0.25) is 5.02 Å². The lowest BCUT2D eigenvalue weighted by molar-refractivity contribution is -0.140. The van der Waals surface area contributed by atoms with Crippen LogP contribution in [0.3, 0.4) is 0 Å². The molecule has 1 aromatic carbocycles. The molecular weight excluding hydrogens is 274 g/mol. The first-order valence-corrected chi connectivity index (χ1v) is 5.11. The second kappa shape index (κ2) is 4.28. The molecule has 0 atom stereocenters. The highest BCUT2D eigenvalue weighted by molar-refractivity contribution is 6.35. The Bertz CT molecular complexity index is 612. The lowest BCUT2D eigenvalue weighted by Crippen LogP contribution is -2.08. The van der Waals surface area contributed by atoms with Crippen molar-refractivity contribution in [1.82, 2.24) is 4.98 Å². The average molecular weight is 280 g/mol. The van der Waals surface area contributed by atoms with E-state index in [9.17, 15) is 17.6 Å². The van der Waals surface area contributed by atoms with E-state index < -0.39 is 17.7 Å². The number of pyridine rings is 1. The number of hydrogen-bond donors (Lipinski definition) is 0. The first-order valence-electron chi connectivity index (χ1n) is 4.74. The Labute approximate surface area is 104 Å². The normalized spacial score (nSPS) is 11.9. The van der Waals surface area contributed by atoms with Crippen molar-refractivity contribution in [3.05, 3.63) is 34.7 Å². The van der Waals surface area contributed by atoms with Gasteiger partial charge in [-0.1, -0.05) is 11.6 Å². The van der Waals surface area contributed by atoms with Crippen molar-refractivity contribution in [2.45, 2.75) is 6.18 Å². The maximum absolute atomic E-state index is 13.2. The fourth-order valence-electron chi connectivity index (χ4n) is 1.52. The fraction of sp³-hybridized carbons (Fsp3) is 0.182. The van der Waals surface area contributed by atoms with Gasteiger partial charge in [0.2, 0.25) is 0 Å². The Hall–Kier alpha value is -1.56. The van der Waals surface area contributed by atoms with E-state index in [2.05, 4.69) is 4.98 Å². The molecule has 2 nitrogen and oxygen atoms in total. The maximum atomic E-state index is 13.2. The van der Waals surface area contributed by atoms with Crippen LogP contribution >= 0.6 is 11.6 Å². The van der Waals surface area contributed by atoms with Gasteiger partial charge in [-0.3, -0.25) is 0 Å². The molecule has 0 saturated heterocycles. The second-order valence-electron chi connectivity index (χ2n) is 3.49. The molecule has 2 aromatic rings. The maximum Gasteiger partial charge on any atom is 0.433 e. The van der Waals surface area contributed by atoms with E-state index in [4.69, 9.17) is 16.3 Å². The third-order valence-corrected chi connectivity index (χ3v) is 2.62. The van der Waals surface area contributed by atoms with E-state index >= 15 is 0 Å². The van der Waals surface area contributed by atoms with Crippen molar-refractivity contribution < 1.29 is 22.3 Å². The smallest absolute Gasteiger partial charge is 0.433 e. The summed E-state index contributed by atoms with van der Waals surface area (Å²) in [5, 5.41) is -0.161. The van der Waals surface area contributed by atoms with Gasteiger partial charge >= 0.3 is 6.18 Å². The van der Waals surface area contributed by atoms with Crippen molar-refractivity contribution in [1.29, 1.82) is 0 Å². The van der Waals surface area contributed by atoms with Crippen molar-refractivity contribution in [3.63, 3.8) is 0 Å². The minimum absolute atomic E-state index is 0.0708. The molecule has 0 N–H and O–H groups in total. The van der Waals surface area contributed by atoms with E-state index in [1.54, 1.807) is 0 Å². The Morgan fingerprint density at radius 2 is 1.89 bits per heavy atom. The molecule has 0 bridgehead atoms. The number of fused-ring (bicyclic) bond motifs is 1. The zero-order valence-electron chi connectivity index (χ0n) is 8.98. The van der Waals surface area contributed by atoms with Crippen molar-refractivity contribution >= 4 is 22.5 Å². The van der Waals surface area contributed by atoms with E-state index in [0.717, 1.165) is 12.1 Å². The standard InChI is InChI=1S/C11H6ClF4NO/c1-18-8-3-5(13)2-6-7(12)4-9(11(14,15)16)17-10(6)8/h2-4H,1H3. The van der Waals surface area contributed by atoms with Crippen LogP contribution in [0.1, 0.15) is 5.69 Å². The molecule has 0 amide bonds. The molecule has 0 saturated carbocycles. The summed E-state index contributed by atoms with van der Waals surface area (Å²) in [7, 11) is 1.21. The number of aromatic nitrogens is 1. The lowest BCUT2D eigenvalue weighted by atomic mass is 10.1. The van der Waals surface area contributed by atoms with Crippen LogP contribution in [-0.2, 0) is 6.18 Å². The molecule has 0 aliphatic rings. The van der Waals surface area contributed by atoms with Gasteiger partial charge < -0.3 is 4.74 Å². The van der Waals surface area contributed by atoms with Gasteiger partial charge in [0.1, 0.15) is 22.8 Å². The van der Waals surface area contributed by atoms with Crippen LogP contribution in [0.4, 0.5) is 17.6 Å². The largest absolute Gasteiger partial charge is 0.494 e. The van der Waals surface area contributed by atoms with Crippen LogP contribution in [0.25, 0.3) is 10.9 Å². The minimum Gasteiger partial charge on any atom is -0.494 e. The number of nitrogens with zero attached hydrogens (tertiary/aromatic N) is 1. The number of benzene rings is 1. The summed E-state index contributed by atoms with van der Waals surface area (Å²) < 4.78 is 55.7. The highest BCUT2D eigenvalue weighted by Crippen LogP contribution is 2.36. The highest BCUT2D eigenvalue weighted by Gasteiger charge is 2.33. The molecule has 7 heteroatoms. The van der Waals surface area contributed by atoms with Gasteiger partial charge in [-0.05, 0) is 12.1 Å². The molecule has 0 aliphatic carbocycles. The van der Waals surface area contributed by atoms with Gasteiger partial charge in [0, 0.05) is 11.5 Å². The number of methoxy groups -OCH3 is 1. The van der Waals surface area contributed by atoms with Gasteiger partial charge in [-0.15, -0.1) is 0 Å². The van der Waals surface area contributed by atoms with Crippen LogP contribution < -0.4 is 4.74 Å². The summed E-state index contributed by atoms with van der Waals surface area (Å²) in [4.78, 5) is 3.42. The number of rotatable bonds is 1. The number of alkyl halides is 3. The van der Waals surface area contributed by atoms with E-state index in [-0.39, 0.29) is 21.7 Å². The Kier molecular flexibility index (Phi) is 3.06. The van der Waals surface area contributed by atoms with Gasteiger partial charge in [-0.2, -0.15) is 13.2 Å². The minimum atomic E-state index is -4.63. The predicted molar refractivity (Wildman–Crippen MR) is 58.3 cm³/mol. The molecule has 2 rings (SSSR count). The van der Waals surface area contributed by atoms with E-state index in [0.29, 0.717) is 6.07 Å². The summed E-state index contributed by atoms with van der Waals surface area (Å²) in [6, 6.07) is 2.61. The number of halogens is 5. The third kappa shape index (κ3) is 2.20. The predicted octanol–water partition coefficient (Wildman–Crippen LogP) is 4.05. The van der Waals surface area contributed by atoms with E-state index in [1.807, 2.05) is 0 Å². The molecule has 18 heavy (non-hydrogen) atoms. The van der Waals surface area contributed by atoms with Gasteiger partial charge in [0.05, 0.1) is 12.1 Å². The van der Waals surface area contributed by atoms with Crippen molar-refractivity contribution in [2.75, 3.05) is 7.11 Å². The summed E-state index contributed by atoms with van der Waals surface area (Å²) in [6.07, 6.45) is -4.63. The monoisotopic (exact) mass is 279 g/mol. The van der Waals surface area contributed by atoms with Gasteiger partial charge in [-0.25, -0.2) is 9.37 Å². The number of hydrogen-bond acceptors (Lipinski definition) is 2. The Balaban J connectivity index is 2.83. The first kappa shape index (κ1) is 12.9. The highest BCUT2D eigenvalue weighted by atomic mass is 35.5. The molecule has 0 fully saturated rings. The third-order valence-electron chi connectivity index (χ3n) is 2.30. The molecule has 0 aliphatic heterocycles. The summed E-state index contributed by atoms with van der Waals surface area (Å²) >= 11 is 5.71. The zero-order valence-corrected chi connectivity index (χ0v) is 9.73. The molecule has 0 spiro atoms. The van der Waals surface area contributed by atoms with Crippen LogP contribution in [0.15, 0.2) is 18.2 Å². The summed E-state index contributed by atoms with van der Waals surface area (Å²) in [6.45, 7) is 0. The van der Waals surface area contributed by atoms with Crippen molar-refractivity contribution in [2.24, 2.45) is 0 Å². The number of ether oxygens (including phenoxy) is 1. The fourth-order valence-corrected chi connectivity index (χ4v) is 1.77. The molecular formula is C11H6ClF4NO. The quantitative estimate of drug-likeness (QED) is 0.735. The SMILES string of the molecule is COc1cc(F)cc2c(Cl)cc(C(F)(F)F)nc12. The Morgan fingerprint density at radius 1 is 1.22 bits per heavy atom. The van der Waals surface area contributed by atoms with Crippen LogP contribution in [-0.4, -0.2) is 12.1 Å². The topological polar surface area (TPSA) is 22.1 Å². The first-order chi connectivity index (χ1) is 8.32. The molecule has 1 heterocycles. The zero-order chi connectivity index (χ0) is 13.5. The van der Waals surface area contributed by atoms with E-state index in [1.165, 1.54) is 7.11 Å². The molecule has 0 radical (unpaired) electrons. The average Bonchev–Trinajstić information content (AvgIpc) is 2.27. The van der Waals surface area contributed by atoms with Crippen LogP contribution in [0.5, 0.6) is 5.75 Å². The van der Waals surface area contributed by atoms with Crippen LogP contribution in [0, 0.1) is 5.82 Å². The van der Waals surface area contributed by atoms with Gasteiger partial charge in [0.25, 0.3) is 0 Å². The molecule has 96 valence electrons. The second-order valence-corrected chi connectivity index (χ2v) is 3.90. The lowest BCUT2D eigenvalue weighted by Gasteiger charge is -2.11.